The minimum Gasteiger partial charge on any atom is -0.460 e. The van der Waals surface area contributed by atoms with Crippen LogP contribution in [0.4, 0.5) is 5.69 Å². The Morgan fingerprint density at radius 1 is 1.30 bits per heavy atom. The van der Waals surface area contributed by atoms with Crippen LogP contribution in [-0.4, -0.2) is 40.5 Å². The lowest BCUT2D eigenvalue weighted by atomic mass is 10.1. The van der Waals surface area contributed by atoms with Gasteiger partial charge < -0.3 is 9.47 Å². The molecule has 1 heterocycles. The van der Waals surface area contributed by atoms with Gasteiger partial charge in [0, 0.05) is 37.5 Å². The van der Waals surface area contributed by atoms with Gasteiger partial charge in [-0.05, 0) is 19.1 Å². The van der Waals surface area contributed by atoms with Crippen molar-refractivity contribution in [3.8, 4) is 11.3 Å². The molecule has 1 aromatic carbocycles. The van der Waals surface area contributed by atoms with E-state index in [-0.39, 0.29) is 12.3 Å². The summed E-state index contributed by atoms with van der Waals surface area (Å²) in [6.07, 6.45) is 1.56. The summed E-state index contributed by atoms with van der Waals surface area (Å²) in [5.41, 5.74) is 1.31. The number of esters is 1. The molecule has 2 aromatic rings. The number of non-ortho nitro benzene ring substituents is 1. The topological polar surface area (TPSA) is 96.5 Å². The highest BCUT2D eigenvalue weighted by molar-refractivity contribution is 5.96. The molecule has 0 bridgehead atoms. The van der Waals surface area contributed by atoms with E-state index in [0.29, 0.717) is 30.0 Å². The van der Waals surface area contributed by atoms with E-state index >= 15 is 0 Å². The zero-order valence-electron chi connectivity index (χ0n) is 12.9. The third-order valence-electron chi connectivity index (χ3n) is 3.07. The van der Waals surface area contributed by atoms with Crippen LogP contribution in [0, 0.1) is 10.1 Å². The molecule has 0 aliphatic heterocycles. The zero-order valence-corrected chi connectivity index (χ0v) is 12.9. The summed E-state index contributed by atoms with van der Waals surface area (Å²) < 4.78 is 11.8. The van der Waals surface area contributed by atoms with Crippen LogP contribution in [0.15, 0.2) is 30.5 Å². The number of aryl methyl sites for hydroxylation is 1. The third-order valence-corrected chi connectivity index (χ3v) is 3.07. The van der Waals surface area contributed by atoms with E-state index in [1.165, 1.54) is 16.8 Å². The Kier molecular flexibility index (Phi) is 5.42. The maximum Gasteiger partial charge on any atom is 0.342 e. The molecule has 0 radical (unpaired) electrons. The normalized spacial score (nSPS) is 10.5. The summed E-state index contributed by atoms with van der Waals surface area (Å²) in [5.74, 6) is -0.508. The molecule has 122 valence electrons. The average Bonchev–Trinajstić information content (AvgIpc) is 2.93. The molecule has 0 spiro atoms. The fraction of sp³-hybridized carbons (Fsp3) is 0.333. The highest BCUT2D eigenvalue weighted by Crippen LogP contribution is 2.24. The molecule has 0 amide bonds. The molecule has 8 heteroatoms. The van der Waals surface area contributed by atoms with Crippen LogP contribution in [0.5, 0.6) is 0 Å². The molecule has 23 heavy (non-hydrogen) atoms. The van der Waals surface area contributed by atoms with Crippen molar-refractivity contribution in [2.45, 2.75) is 6.92 Å². The number of nitrogens with zero attached hydrogens (tertiary/aromatic N) is 3. The maximum absolute atomic E-state index is 12.2. The highest BCUT2D eigenvalue weighted by Gasteiger charge is 2.19. The molecule has 0 saturated carbocycles. The van der Waals surface area contributed by atoms with Crippen molar-refractivity contribution in [3.05, 3.63) is 46.1 Å². The summed E-state index contributed by atoms with van der Waals surface area (Å²) in [4.78, 5) is 22.4. The highest BCUT2D eigenvalue weighted by atomic mass is 16.6. The molecule has 0 aliphatic rings. The predicted octanol–water partition coefficient (Wildman–Crippen LogP) is 2.19. The molecule has 0 fully saturated rings. The SMILES string of the molecule is CCOCCOC(=O)c1cn(C)nc1-c1ccc([N+](=O)[O-])cc1. The minimum absolute atomic E-state index is 0.0227. The van der Waals surface area contributed by atoms with Gasteiger partial charge in [0.15, 0.2) is 0 Å². The summed E-state index contributed by atoms with van der Waals surface area (Å²) in [6, 6.07) is 5.84. The molecule has 1 aromatic heterocycles. The van der Waals surface area contributed by atoms with E-state index in [4.69, 9.17) is 9.47 Å². The van der Waals surface area contributed by atoms with Crippen LogP contribution in [0.3, 0.4) is 0 Å². The van der Waals surface area contributed by atoms with Crippen molar-refractivity contribution >= 4 is 11.7 Å². The summed E-state index contributed by atoms with van der Waals surface area (Å²) in [7, 11) is 1.69. The first-order valence-corrected chi connectivity index (χ1v) is 7.06. The van der Waals surface area contributed by atoms with Crippen molar-refractivity contribution in [2.75, 3.05) is 19.8 Å². The smallest absolute Gasteiger partial charge is 0.342 e. The van der Waals surface area contributed by atoms with Gasteiger partial charge in [0.2, 0.25) is 0 Å². The van der Waals surface area contributed by atoms with Gasteiger partial charge in [-0.25, -0.2) is 4.79 Å². The first kappa shape index (κ1) is 16.6. The van der Waals surface area contributed by atoms with Crippen molar-refractivity contribution in [1.82, 2.24) is 9.78 Å². The number of ether oxygens (including phenoxy) is 2. The Balaban J connectivity index is 2.19. The first-order chi connectivity index (χ1) is 11.0. The second kappa shape index (κ2) is 7.50. The van der Waals surface area contributed by atoms with E-state index in [0.717, 1.165) is 0 Å². The molecule has 0 saturated heterocycles. The molecule has 0 aliphatic carbocycles. The number of hydrogen-bond donors (Lipinski definition) is 0. The van der Waals surface area contributed by atoms with E-state index < -0.39 is 10.9 Å². The largest absolute Gasteiger partial charge is 0.460 e. The Bertz CT molecular complexity index is 694. The van der Waals surface area contributed by atoms with Crippen LogP contribution in [0.1, 0.15) is 17.3 Å². The van der Waals surface area contributed by atoms with Gasteiger partial charge in [-0.3, -0.25) is 14.8 Å². The predicted molar refractivity (Wildman–Crippen MR) is 82.1 cm³/mol. The Morgan fingerprint density at radius 3 is 2.61 bits per heavy atom. The molecule has 0 N–H and O–H groups in total. The van der Waals surface area contributed by atoms with Gasteiger partial charge in [0.05, 0.1) is 11.5 Å². The van der Waals surface area contributed by atoms with Gasteiger partial charge in [-0.2, -0.15) is 5.10 Å². The number of carbonyl (C=O) groups is 1. The van der Waals surface area contributed by atoms with Gasteiger partial charge in [0.25, 0.3) is 5.69 Å². The number of aromatic nitrogens is 2. The van der Waals surface area contributed by atoms with E-state index in [1.807, 2.05) is 6.92 Å². The van der Waals surface area contributed by atoms with Gasteiger partial charge in [0.1, 0.15) is 17.9 Å². The number of nitro benzene ring substituents is 1. The van der Waals surface area contributed by atoms with E-state index in [9.17, 15) is 14.9 Å². The second-order valence-electron chi connectivity index (χ2n) is 4.70. The number of hydrogen-bond acceptors (Lipinski definition) is 6. The van der Waals surface area contributed by atoms with Gasteiger partial charge in [-0.1, -0.05) is 0 Å². The standard InChI is InChI=1S/C15H17N3O5/c1-3-22-8-9-23-15(19)13-10-17(2)16-14(13)11-4-6-12(7-5-11)18(20)21/h4-7,10H,3,8-9H2,1-2H3. The first-order valence-electron chi connectivity index (χ1n) is 7.06. The van der Waals surface area contributed by atoms with Crippen LogP contribution < -0.4 is 0 Å². The van der Waals surface area contributed by atoms with Crippen LogP contribution in [-0.2, 0) is 16.5 Å². The molecule has 8 nitrogen and oxygen atoms in total. The monoisotopic (exact) mass is 319 g/mol. The number of carbonyl (C=O) groups excluding carboxylic acids is 1. The molecular formula is C15H17N3O5. The lowest BCUT2D eigenvalue weighted by molar-refractivity contribution is -0.384. The van der Waals surface area contributed by atoms with Crippen LogP contribution in [0.2, 0.25) is 0 Å². The fourth-order valence-corrected chi connectivity index (χ4v) is 2.01. The van der Waals surface area contributed by atoms with Crippen LogP contribution in [0.25, 0.3) is 11.3 Å². The summed E-state index contributed by atoms with van der Waals surface area (Å²) >= 11 is 0. The summed E-state index contributed by atoms with van der Waals surface area (Å²) in [6.45, 7) is 2.89. The minimum atomic E-state index is -0.508. The lowest BCUT2D eigenvalue weighted by Crippen LogP contribution is -2.11. The quantitative estimate of drug-likeness (QED) is 0.336. The average molecular weight is 319 g/mol. The van der Waals surface area contributed by atoms with Gasteiger partial charge >= 0.3 is 5.97 Å². The summed E-state index contributed by atoms with van der Waals surface area (Å²) in [5, 5.41) is 14.9. The number of benzene rings is 1. The maximum atomic E-state index is 12.2. The Morgan fingerprint density at radius 2 is 2.00 bits per heavy atom. The fourth-order valence-electron chi connectivity index (χ4n) is 2.01. The molecule has 0 atom stereocenters. The number of rotatable bonds is 7. The van der Waals surface area contributed by atoms with Crippen molar-refractivity contribution in [3.63, 3.8) is 0 Å². The van der Waals surface area contributed by atoms with Crippen LogP contribution >= 0.6 is 0 Å². The number of nitro groups is 1. The van der Waals surface area contributed by atoms with Crippen molar-refractivity contribution in [1.29, 1.82) is 0 Å². The zero-order chi connectivity index (χ0) is 16.8. The van der Waals surface area contributed by atoms with Crippen molar-refractivity contribution < 1.29 is 19.2 Å². The van der Waals surface area contributed by atoms with E-state index in [1.54, 1.807) is 25.4 Å². The van der Waals surface area contributed by atoms with E-state index in [2.05, 4.69) is 5.10 Å². The van der Waals surface area contributed by atoms with Crippen molar-refractivity contribution in [2.24, 2.45) is 7.05 Å². The Hall–Kier alpha value is -2.74. The lowest BCUT2D eigenvalue weighted by Gasteiger charge is -2.05. The molecule has 0 unspecified atom stereocenters. The molecular weight excluding hydrogens is 302 g/mol. The third kappa shape index (κ3) is 4.13. The Labute approximate surface area is 132 Å². The second-order valence-corrected chi connectivity index (χ2v) is 4.70. The van der Waals surface area contributed by atoms with Gasteiger partial charge in [-0.15, -0.1) is 0 Å². The molecule has 2 rings (SSSR count).